The fourth-order valence-corrected chi connectivity index (χ4v) is 2.68. The second kappa shape index (κ2) is 5.70. The molecule has 1 aromatic rings. The molecule has 0 atom stereocenters. The first kappa shape index (κ1) is 12.8. The highest BCUT2D eigenvalue weighted by Crippen LogP contribution is 2.24. The average Bonchev–Trinajstić information content (AvgIpc) is 2.21. The van der Waals surface area contributed by atoms with Crippen molar-refractivity contribution in [3.8, 4) is 0 Å². The summed E-state index contributed by atoms with van der Waals surface area (Å²) in [6.45, 7) is 2.04. The van der Waals surface area contributed by atoms with Gasteiger partial charge in [-0.25, -0.2) is 0 Å². The van der Waals surface area contributed by atoms with Gasteiger partial charge in [0.15, 0.2) is 0 Å². The molecule has 0 saturated heterocycles. The summed E-state index contributed by atoms with van der Waals surface area (Å²) >= 11 is 8.14. The van der Waals surface area contributed by atoms with E-state index >= 15 is 0 Å². The molecule has 1 rings (SSSR count). The highest BCUT2D eigenvalue weighted by molar-refractivity contribution is 14.1. The van der Waals surface area contributed by atoms with Crippen LogP contribution >= 0.6 is 34.2 Å². The minimum atomic E-state index is -0.218. The van der Waals surface area contributed by atoms with Crippen LogP contribution in [0.4, 0.5) is 0 Å². The van der Waals surface area contributed by atoms with E-state index in [0.29, 0.717) is 11.4 Å². The number of aryl methyl sites for hydroxylation is 1. The highest BCUT2D eigenvalue weighted by atomic mass is 127. The quantitative estimate of drug-likeness (QED) is 0.625. The second-order valence-electron chi connectivity index (χ2n) is 3.13. The summed E-state index contributed by atoms with van der Waals surface area (Å²) in [5, 5.41) is 0.713. The first-order valence-electron chi connectivity index (χ1n) is 4.62. The number of hydrogen-bond donors (Lipinski definition) is 0. The minimum Gasteiger partial charge on any atom is -0.469 e. The largest absolute Gasteiger partial charge is 0.469 e. The number of carbonyl (C=O) groups is 1. The molecule has 0 fully saturated rings. The standard InChI is InChI=1S/C11H12ClIO2/c1-3-7-4-8(12)5-10(13)9(7)6-11(14)15-2/h4-5H,3,6H2,1-2H3. The maximum Gasteiger partial charge on any atom is 0.310 e. The maximum absolute atomic E-state index is 11.2. The molecule has 0 bridgehead atoms. The van der Waals surface area contributed by atoms with E-state index in [-0.39, 0.29) is 5.97 Å². The van der Waals surface area contributed by atoms with E-state index in [1.165, 1.54) is 7.11 Å². The Hall–Kier alpha value is -0.290. The van der Waals surface area contributed by atoms with E-state index in [2.05, 4.69) is 27.3 Å². The SMILES string of the molecule is CCc1cc(Cl)cc(I)c1CC(=O)OC. The van der Waals surface area contributed by atoms with E-state index in [1.54, 1.807) is 0 Å². The smallest absolute Gasteiger partial charge is 0.310 e. The molecule has 1 aromatic carbocycles. The summed E-state index contributed by atoms with van der Waals surface area (Å²) in [6, 6.07) is 3.77. The van der Waals surface area contributed by atoms with Gasteiger partial charge in [-0.2, -0.15) is 0 Å². The van der Waals surface area contributed by atoms with Gasteiger partial charge in [0.2, 0.25) is 0 Å². The molecule has 4 heteroatoms. The first-order chi connectivity index (χ1) is 7.08. The Morgan fingerprint density at radius 2 is 2.20 bits per heavy atom. The average molecular weight is 339 g/mol. The van der Waals surface area contributed by atoms with Crippen LogP contribution in [0.1, 0.15) is 18.1 Å². The van der Waals surface area contributed by atoms with Crippen LogP contribution in [0, 0.1) is 3.57 Å². The van der Waals surface area contributed by atoms with Crippen molar-refractivity contribution in [1.29, 1.82) is 0 Å². The predicted molar refractivity (Wildman–Crippen MR) is 69.3 cm³/mol. The molecule has 0 aromatic heterocycles. The molecule has 0 radical (unpaired) electrons. The fraction of sp³-hybridized carbons (Fsp3) is 0.364. The van der Waals surface area contributed by atoms with Gasteiger partial charge < -0.3 is 4.74 Å². The lowest BCUT2D eigenvalue weighted by Gasteiger charge is -2.10. The van der Waals surface area contributed by atoms with Crippen molar-refractivity contribution in [3.63, 3.8) is 0 Å². The second-order valence-corrected chi connectivity index (χ2v) is 4.73. The Bertz CT molecular complexity index is 377. The lowest BCUT2D eigenvalue weighted by Crippen LogP contribution is -2.08. The van der Waals surface area contributed by atoms with Gasteiger partial charge in [0.1, 0.15) is 0 Å². The Kier molecular flexibility index (Phi) is 4.86. The van der Waals surface area contributed by atoms with Gasteiger partial charge in [0.05, 0.1) is 13.5 Å². The Morgan fingerprint density at radius 1 is 1.53 bits per heavy atom. The molecule has 15 heavy (non-hydrogen) atoms. The van der Waals surface area contributed by atoms with Crippen molar-refractivity contribution in [1.82, 2.24) is 0 Å². The molecule has 82 valence electrons. The Morgan fingerprint density at radius 3 is 2.73 bits per heavy atom. The van der Waals surface area contributed by atoms with E-state index in [1.807, 2.05) is 19.1 Å². The normalized spacial score (nSPS) is 10.1. The van der Waals surface area contributed by atoms with Crippen molar-refractivity contribution in [2.45, 2.75) is 19.8 Å². The van der Waals surface area contributed by atoms with Gasteiger partial charge in [0, 0.05) is 8.59 Å². The molecule has 0 amide bonds. The molecular weight excluding hydrogens is 326 g/mol. The van der Waals surface area contributed by atoms with E-state index in [9.17, 15) is 4.79 Å². The zero-order valence-corrected chi connectivity index (χ0v) is 11.6. The third-order valence-electron chi connectivity index (χ3n) is 2.18. The number of methoxy groups -OCH3 is 1. The molecule has 0 aliphatic rings. The summed E-state index contributed by atoms with van der Waals surface area (Å²) in [5.74, 6) is -0.218. The summed E-state index contributed by atoms with van der Waals surface area (Å²) in [6.07, 6.45) is 1.18. The molecule has 0 N–H and O–H groups in total. The van der Waals surface area contributed by atoms with Crippen molar-refractivity contribution in [2.24, 2.45) is 0 Å². The summed E-state index contributed by atoms with van der Waals surface area (Å²) in [7, 11) is 1.40. The number of ether oxygens (including phenoxy) is 1. The van der Waals surface area contributed by atoms with Crippen LogP contribution in [0.5, 0.6) is 0 Å². The zero-order valence-electron chi connectivity index (χ0n) is 8.64. The van der Waals surface area contributed by atoms with Gasteiger partial charge in [-0.3, -0.25) is 4.79 Å². The van der Waals surface area contributed by atoms with Crippen LogP contribution in [-0.4, -0.2) is 13.1 Å². The Labute approximate surface area is 108 Å². The minimum absolute atomic E-state index is 0.218. The van der Waals surface area contributed by atoms with E-state index in [0.717, 1.165) is 21.1 Å². The van der Waals surface area contributed by atoms with Crippen LogP contribution < -0.4 is 0 Å². The predicted octanol–water partition coefficient (Wildman–Crippen LogP) is 3.22. The maximum atomic E-state index is 11.2. The van der Waals surface area contributed by atoms with E-state index in [4.69, 9.17) is 11.6 Å². The molecular formula is C11H12ClIO2. The molecule has 0 spiro atoms. The van der Waals surface area contributed by atoms with Crippen molar-refractivity contribution < 1.29 is 9.53 Å². The first-order valence-corrected chi connectivity index (χ1v) is 6.07. The summed E-state index contributed by atoms with van der Waals surface area (Å²) < 4.78 is 5.68. The topological polar surface area (TPSA) is 26.3 Å². The number of carbonyl (C=O) groups excluding carboxylic acids is 1. The molecule has 0 aliphatic heterocycles. The van der Waals surface area contributed by atoms with Gasteiger partial charge in [0.25, 0.3) is 0 Å². The molecule has 2 nitrogen and oxygen atoms in total. The van der Waals surface area contributed by atoms with Crippen LogP contribution in [-0.2, 0) is 22.4 Å². The zero-order chi connectivity index (χ0) is 11.4. The van der Waals surface area contributed by atoms with Crippen LogP contribution in [0.3, 0.4) is 0 Å². The lowest BCUT2D eigenvalue weighted by molar-refractivity contribution is -0.139. The molecule has 0 aliphatic carbocycles. The molecule has 0 unspecified atom stereocenters. The van der Waals surface area contributed by atoms with Crippen molar-refractivity contribution >= 4 is 40.2 Å². The number of esters is 1. The third kappa shape index (κ3) is 3.34. The highest BCUT2D eigenvalue weighted by Gasteiger charge is 2.11. The lowest BCUT2D eigenvalue weighted by atomic mass is 10.0. The monoisotopic (exact) mass is 338 g/mol. The number of halogens is 2. The number of benzene rings is 1. The Balaban J connectivity index is 3.09. The van der Waals surface area contributed by atoms with Crippen molar-refractivity contribution in [2.75, 3.05) is 7.11 Å². The summed E-state index contributed by atoms with van der Waals surface area (Å²) in [5.41, 5.74) is 2.13. The fourth-order valence-electron chi connectivity index (χ4n) is 1.39. The third-order valence-corrected chi connectivity index (χ3v) is 3.36. The van der Waals surface area contributed by atoms with Crippen LogP contribution in [0.25, 0.3) is 0 Å². The molecule has 0 saturated carbocycles. The van der Waals surface area contributed by atoms with E-state index < -0.39 is 0 Å². The number of rotatable bonds is 3. The van der Waals surface area contributed by atoms with Gasteiger partial charge in [-0.15, -0.1) is 0 Å². The van der Waals surface area contributed by atoms with Gasteiger partial charge in [-0.1, -0.05) is 18.5 Å². The number of hydrogen-bond acceptors (Lipinski definition) is 2. The van der Waals surface area contributed by atoms with Crippen LogP contribution in [0.15, 0.2) is 12.1 Å². The van der Waals surface area contributed by atoms with Gasteiger partial charge >= 0.3 is 5.97 Å². The van der Waals surface area contributed by atoms with Gasteiger partial charge in [-0.05, 0) is 52.3 Å². The summed E-state index contributed by atoms with van der Waals surface area (Å²) in [4.78, 5) is 11.2. The van der Waals surface area contributed by atoms with Crippen molar-refractivity contribution in [3.05, 3.63) is 31.9 Å². The van der Waals surface area contributed by atoms with Crippen LogP contribution in [0.2, 0.25) is 5.02 Å². The molecule has 0 heterocycles.